The van der Waals surface area contributed by atoms with Gasteiger partial charge in [-0.3, -0.25) is 10.9 Å². The van der Waals surface area contributed by atoms with E-state index in [-0.39, 0.29) is 9.95 Å². The van der Waals surface area contributed by atoms with Crippen LogP contribution in [0, 0.1) is 0 Å². The van der Waals surface area contributed by atoms with E-state index in [9.17, 15) is 0 Å². The maximum atomic E-state index is 5.66. The maximum absolute atomic E-state index is 5.66. The van der Waals surface area contributed by atoms with Gasteiger partial charge in [0.2, 0.25) is 0 Å². The van der Waals surface area contributed by atoms with Gasteiger partial charge in [-0.15, -0.1) is 29.0 Å². The highest BCUT2D eigenvalue weighted by molar-refractivity contribution is 4.43. The first kappa shape index (κ1) is 27.6. The Morgan fingerprint density at radius 2 is 0.714 bits per heavy atom. The Hall–Kier alpha value is -0.400. The van der Waals surface area contributed by atoms with E-state index in [1.807, 2.05) is 41.5 Å². The number of nitrogens with zero attached hydrogens (tertiary/aromatic N) is 2. The molecule has 0 bridgehead atoms. The monoisotopic (exact) mass is 412 g/mol. The molecule has 28 heavy (non-hydrogen) atoms. The van der Waals surface area contributed by atoms with Crippen molar-refractivity contribution in [3.63, 3.8) is 0 Å². The highest BCUT2D eigenvalue weighted by atomic mass is 17.2. The molecular weight excluding hydrogens is 368 g/mol. The van der Waals surface area contributed by atoms with Crippen molar-refractivity contribution in [1.29, 1.82) is 0 Å². The fraction of sp³-hybridized carbons (Fsp3) is 1.00. The van der Waals surface area contributed by atoms with E-state index < -0.39 is 0 Å². The lowest BCUT2D eigenvalue weighted by atomic mass is 10.4. The molecule has 0 aliphatic heterocycles. The van der Waals surface area contributed by atoms with Crippen LogP contribution in [-0.2, 0) is 29.0 Å². The third kappa shape index (κ3) is 11.6. The van der Waals surface area contributed by atoms with Crippen LogP contribution in [0.15, 0.2) is 0 Å². The highest BCUT2D eigenvalue weighted by Gasteiger charge is 2.34. The normalized spacial score (nSPS) is 12.6. The molecule has 0 fully saturated rings. The summed E-state index contributed by atoms with van der Waals surface area (Å²) in [6.07, 6.45) is 1.65. The lowest BCUT2D eigenvalue weighted by Crippen LogP contribution is -2.50. The number of hydrogen-bond acceptors (Lipinski definition) is 8. The minimum atomic E-state index is -0.220. The summed E-state index contributed by atoms with van der Waals surface area (Å²) in [6.45, 7) is 17.4. The molecule has 2 N–H and O–H groups in total. The van der Waals surface area contributed by atoms with Crippen molar-refractivity contribution in [3.05, 3.63) is 0 Å². The van der Waals surface area contributed by atoms with Crippen LogP contribution in [0.2, 0.25) is 0 Å². The van der Waals surface area contributed by atoms with Gasteiger partial charge >= 0.3 is 0 Å². The Balaban J connectivity index is 4.14. The average Bonchev–Trinajstić information content (AvgIpc) is 2.65. The third-order valence-corrected chi connectivity index (χ3v) is 3.55. The van der Waals surface area contributed by atoms with E-state index in [4.69, 9.17) is 29.0 Å². The predicted octanol–water partition coefficient (Wildman–Crippen LogP) is 2.20. The van der Waals surface area contributed by atoms with Crippen molar-refractivity contribution in [3.8, 4) is 0 Å². The third-order valence-electron chi connectivity index (χ3n) is 3.55. The standard InChI is InChI=1S/C18H44N4O6/c1-7-23-21(24-8-2,25-9-3)17-13-15-19-20-16-14-18-22(26-10-4,27-11-5)28-12-6/h19-20H,7-18H2,1-6H3/q+2. The zero-order valence-electron chi connectivity index (χ0n) is 18.8. The van der Waals surface area contributed by atoms with E-state index in [1.54, 1.807) is 0 Å². The molecule has 0 rings (SSSR count). The fourth-order valence-corrected chi connectivity index (χ4v) is 2.69. The molecular formula is C18H44N4O6+2. The Morgan fingerprint density at radius 1 is 0.464 bits per heavy atom. The quantitative estimate of drug-likeness (QED) is 0.169. The summed E-state index contributed by atoms with van der Waals surface area (Å²) >= 11 is 0. The van der Waals surface area contributed by atoms with Crippen LogP contribution >= 0.6 is 0 Å². The molecule has 0 heterocycles. The van der Waals surface area contributed by atoms with Crippen LogP contribution in [0.5, 0.6) is 0 Å². The molecule has 10 nitrogen and oxygen atoms in total. The van der Waals surface area contributed by atoms with Gasteiger partial charge in [-0.05, 0) is 41.5 Å². The fourth-order valence-electron chi connectivity index (χ4n) is 2.69. The van der Waals surface area contributed by atoms with Crippen molar-refractivity contribution < 1.29 is 39.0 Å². The summed E-state index contributed by atoms with van der Waals surface area (Å²) in [5.74, 6) is 0. The Labute approximate surface area is 170 Å². The molecule has 0 amide bonds. The average molecular weight is 413 g/mol. The van der Waals surface area contributed by atoms with Crippen LogP contribution < -0.4 is 10.9 Å². The number of rotatable bonds is 21. The number of hydrazine groups is 1. The van der Waals surface area contributed by atoms with Crippen molar-refractivity contribution in [2.75, 3.05) is 65.8 Å². The van der Waals surface area contributed by atoms with E-state index in [0.717, 1.165) is 25.9 Å². The molecule has 0 saturated carbocycles. The van der Waals surface area contributed by atoms with Crippen LogP contribution in [0.25, 0.3) is 0 Å². The van der Waals surface area contributed by atoms with Gasteiger partial charge in [0, 0.05) is 25.9 Å². The van der Waals surface area contributed by atoms with Gasteiger partial charge in [-0.1, -0.05) is 0 Å². The minimum absolute atomic E-state index is 0.220. The van der Waals surface area contributed by atoms with Gasteiger partial charge in [-0.25, -0.2) is 0 Å². The highest BCUT2D eigenvalue weighted by Crippen LogP contribution is 2.13. The SMILES string of the molecule is CCO[N+](CCCNNCCC[N+](OCC)(OCC)OCC)(OCC)OCC. The molecule has 0 aromatic heterocycles. The van der Waals surface area contributed by atoms with Gasteiger partial charge in [-0.2, -0.15) is 0 Å². The van der Waals surface area contributed by atoms with Crippen molar-refractivity contribution in [1.82, 2.24) is 10.9 Å². The topological polar surface area (TPSA) is 79.4 Å². The first-order valence-electron chi connectivity index (χ1n) is 10.7. The van der Waals surface area contributed by atoms with E-state index >= 15 is 0 Å². The zero-order chi connectivity index (χ0) is 21.1. The smallest absolute Gasteiger partial charge is 0.179 e. The number of hydrogen-bond donors (Lipinski definition) is 2. The minimum Gasteiger partial charge on any atom is -0.258 e. The van der Waals surface area contributed by atoms with Gasteiger partial charge in [0.15, 0.2) is 13.1 Å². The largest absolute Gasteiger partial charge is 0.258 e. The summed E-state index contributed by atoms with van der Waals surface area (Å²) in [5.41, 5.74) is 6.42. The van der Waals surface area contributed by atoms with Gasteiger partial charge < -0.3 is 0 Å². The van der Waals surface area contributed by atoms with Crippen molar-refractivity contribution in [2.24, 2.45) is 0 Å². The molecule has 10 heteroatoms. The molecule has 0 atom stereocenters. The van der Waals surface area contributed by atoms with Crippen LogP contribution in [-0.4, -0.2) is 75.8 Å². The first-order chi connectivity index (χ1) is 13.6. The number of hydroxylamine groups is 6. The molecule has 170 valence electrons. The van der Waals surface area contributed by atoms with E-state index in [0.29, 0.717) is 52.7 Å². The molecule has 0 saturated heterocycles. The van der Waals surface area contributed by atoms with Gasteiger partial charge in [0.25, 0.3) is 0 Å². The van der Waals surface area contributed by atoms with Crippen molar-refractivity contribution >= 4 is 0 Å². The first-order valence-corrected chi connectivity index (χ1v) is 10.7. The number of nitrogens with one attached hydrogen (secondary N) is 2. The van der Waals surface area contributed by atoms with Crippen molar-refractivity contribution in [2.45, 2.75) is 54.4 Å². The molecule has 0 aliphatic rings. The Morgan fingerprint density at radius 3 is 0.929 bits per heavy atom. The van der Waals surface area contributed by atoms with Gasteiger partial charge in [0.1, 0.15) is 39.6 Å². The summed E-state index contributed by atoms with van der Waals surface area (Å²) in [4.78, 5) is 33.5. The van der Waals surface area contributed by atoms with Crippen LogP contribution in [0.1, 0.15) is 54.4 Å². The molecule has 0 aromatic rings. The second-order valence-corrected chi connectivity index (χ2v) is 5.74. The van der Waals surface area contributed by atoms with Crippen LogP contribution in [0.4, 0.5) is 0 Å². The van der Waals surface area contributed by atoms with Gasteiger partial charge in [0.05, 0.1) is 9.95 Å². The lowest BCUT2D eigenvalue weighted by molar-refractivity contribution is -1.37. The lowest BCUT2D eigenvalue weighted by Gasteiger charge is -2.28. The predicted molar refractivity (Wildman–Crippen MR) is 105 cm³/mol. The summed E-state index contributed by atoms with van der Waals surface area (Å²) in [6, 6.07) is 0. The zero-order valence-corrected chi connectivity index (χ0v) is 18.8. The number of quaternary nitrogens is 2. The molecule has 0 aliphatic carbocycles. The molecule has 0 radical (unpaired) electrons. The van der Waals surface area contributed by atoms with E-state index in [2.05, 4.69) is 10.9 Å². The maximum Gasteiger partial charge on any atom is 0.179 e. The Kier molecular flexibility index (Phi) is 17.2. The molecule has 0 aromatic carbocycles. The summed E-state index contributed by atoms with van der Waals surface area (Å²) in [5, 5.41) is 0. The Bertz CT molecular complexity index is 286. The second-order valence-electron chi connectivity index (χ2n) is 5.74. The van der Waals surface area contributed by atoms with E-state index in [1.165, 1.54) is 0 Å². The second kappa shape index (κ2) is 17.5. The summed E-state index contributed by atoms with van der Waals surface area (Å²) < 4.78 is 0. The molecule has 0 spiro atoms. The molecule has 0 unspecified atom stereocenters. The summed E-state index contributed by atoms with van der Waals surface area (Å²) in [7, 11) is 0. The van der Waals surface area contributed by atoms with Crippen LogP contribution in [0.3, 0.4) is 0 Å².